The van der Waals surface area contributed by atoms with Gasteiger partial charge in [-0.15, -0.1) is 0 Å². The van der Waals surface area contributed by atoms with Crippen LogP contribution in [0.4, 0.5) is 0 Å². The number of rotatable bonds is 2. The largest absolute Gasteiger partial charge is 0.344 e. The van der Waals surface area contributed by atoms with Crippen molar-refractivity contribution in [1.82, 2.24) is 9.13 Å². The number of nitrogens with zero attached hydrogens (tertiary/aromatic N) is 2. The van der Waals surface area contributed by atoms with Crippen molar-refractivity contribution in [2.75, 3.05) is 0 Å². The molecule has 2 aromatic heterocycles. The standard InChI is InChI=1S/C22H18.C20H12Br2.C17H18.C15H12Br2.C15H15N.C13H9Br2N/c1-15-11-13-17-7-3-5-9-19(17)21(15)22-16(2)12-14-18-8-4-6-10-20(18)22;21-17-11-9-13-5-1-3-7-15(13)19(17)20-16-8-4-2-6-14(16)10-12-18(20)22;1-11-5-7-13-14-8-6-12(2)10-16(14)17(3,4)15(13)9-11;1-15(2)13-7-9(16)3-5-11(13)12-6-4-10(17)8-14(12)15;1-10-4-6-14-12(8-10)13-9-11(2)5-7-15(13)16(14)3;1-16-12-4-2-8(14)6-10(12)11-7-9(15)3-5-13(11)16/h3-14H,1-2H3;1-12H;5-10H,1-4H3;3-8H,1-2H3;4-9H,1-3H3;2-7H,1H3. The van der Waals surface area contributed by atoms with Crippen molar-refractivity contribution in [2.45, 2.75) is 80.1 Å². The van der Waals surface area contributed by atoms with Crippen LogP contribution in [0.2, 0.25) is 0 Å². The maximum atomic E-state index is 3.75. The van der Waals surface area contributed by atoms with Crippen molar-refractivity contribution in [2.24, 2.45) is 14.1 Å². The highest BCUT2D eigenvalue weighted by Gasteiger charge is 2.37. The van der Waals surface area contributed by atoms with Crippen LogP contribution in [0.25, 0.3) is 131 Å². The zero-order valence-electron chi connectivity index (χ0n) is 63.9. The molecule has 0 spiro atoms. The third-order valence-electron chi connectivity index (χ3n) is 22.4. The second-order valence-corrected chi connectivity index (χ2v) is 35.8. The van der Waals surface area contributed by atoms with Crippen LogP contribution >= 0.6 is 95.6 Å². The van der Waals surface area contributed by atoms with Gasteiger partial charge in [0, 0.05) is 107 Å². The lowest BCUT2D eigenvalue weighted by atomic mass is 9.81. The predicted octanol–water partition coefficient (Wildman–Crippen LogP) is 32.4. The smallest absolute Gasteiger partial charge is 0.0489 e. The molecule has 2 heterocycles. The van der Waals surface area contributed by atoms with Crippen molar-refractivity contribution >= 4 is 182 Å². The van der Waals surface area contributed by atoms with Gasteiger partial charge in [-0.2, -0.15) is 0 Å². The van der Waals surface area contributed by atoms with Crippen LogP contribution in [0, 0.1) is 41.5 Å². The first-order valence-electron chi connectivity index (χ1n) is 37.3. The maximum absolute atomic E-state index is 3.75. The third-order valence-corrected chi connectivity index (χ3v) is 25.7. The number of hydrogen-bond donors (Lipinski definition) is 0. The van der Waals surface area contributed by atoms with Gasteiger partial charge >= 0.3 is 0 Å². The molecule has 0 aliphatic heterocycles. The van der Waals surface area contributed by atoms with E-state index in [1.807, 2.05) is 0 Å². The van der Waals surface area contributed by atoms with E-state index in [-0.39, 0.29) is 10.8 Å². The van der Waals surface area contributed by atoms with Crippen LogP contribution in [-0.2, 0) is 24.9 Å². The molecule has 0 N–H and O–H groups in total. The number of aromatic nitrogens is 2. The molecule has 0 atom stereocenters. The number of halogens is 6. The summed E-state index contributed by atoms with van der Waals surface area (Å²) in [4.78, 5) is 0. The van der Waals surface area contributed by atoms with E-state index in [9.17, 15) is 0 Å². The number of benzene rings is 16. The fraction of sp³-hybridized carbons (Fsp3) is 0.137. The van der Waals surface area contributed by atoms with E-state index in [2.05, 4.69) is 479 Å². The van der Waals surface area contributed by atoms with E-state index >= 15 is 0 Å². The van der Waals surface area contributed by atoms with Gasteiger partial charge in [-0.1, -0.05) is 340 Å². The normalized spacial score (nSPS) is 12.6. The zero-order chi connectivity index (χ0) is 77.2. The van der Waals surface area contributed by atoms with Gasteiger partial charge in [0.15, 0.2) is 0 Å². The first-order valence-corrected chi connectivity index (χ1v) is 42.0. The van der Waals surface area contributed by atoms with Crippen molar-refractivity contribution in [1.29, 1.82) is 0 Å². The Morgan fingerprint density at radius 3 is 0.836 bits per heavy atom. The molecule has 0 bridgehead atoms. The van der Waals surface area contributed by atoms with E-state index < -0.39 is 0 Å². The van der Waals surface area contributed by atoms with E-state index in [4.69, 9.17) is 0 Å². The second kappa shape index (κ2) is 31.3. The predicted molar refractivity (Wildman–Crippen MR) is 497 cm³/mol. The Kier molecular flexibility index (Phi) is 21.7. The van der Waals surface area contributed by atoms with E-state index in [1.165, 1.54) is 187 Å². The molecule has 0 saturated heterocycles. The van der Waals surface area contributed by atoms with Gasteiger partial charge in [0.1, 0.15) is 0 Å². The Morgan fingerprint density at radius 1 is 0.227 bits per heavy atom. The molecule has 18 aromatic rings. The minimum atomic E-state index is 0.0816. The fourth-order valence-corrected chi connectivity index (χ4v) is 19.2. The molecule has 16 aromatic carbocycles. The molecule has 8 heteroatoms. The van der Waals surface area contributed by atoms with Crippen molar-refractivity contribution in [3.8, 4) is 44.5 Å². The third kappa shape index (κ3) is 14.6. The molecule has 110 heavy (non-hydrogen) atoms. The molecule has 20 rings (SSSR count). The van der Waals surface area contributed by atoms with Gasteiger partial charge in [0.05, 0.1) is 0 Å². The quantitative estimate of drug-likeness (QED) is 0.163. The number of aryl methyl sites for hydroxylation is 8. The molecule has 544 valence electrons. The molecule has 0 fully saturated rings. The average molecular weight is 1820 g/mol. The summed E-state index contributed by atoms with van der Waals surface area (Å²) >= 11 is 21.7. The van der Waals surface area contributed by atoms with Gasteiger partial charge in [-0.25, -0.2) is 0 Å². The Morgan fingerprint density at radius 2 is 0.482 bits per heavy atom. The van der Waals surface area contributed by atoms with Crippen LogP contribution in [0.5, 0.6) is 0 Å². The SMILES string of the molecule is Brc1ccc2ccccc2c1-c1c(Br)ccc2ccccc12.CC1(C)c2cc(Br)ccc2-c2ccc(Br)cc21.Cc1ccc2c(c1)C(C)(C)c1cc(C)ccc1-2.Cc1ccc2c(c1)c1cc(C)ccc1n2C.Cc1ccc2ccccc2c1-c1c(C)ccc2ccccc12.Cn1c2ccc(Br)cc2c2cc(Br)ccc21. The molecule has 2 aliphatic rings. The monoisotopic (exact) mass is 1810 g/mol. The lowest BCUT2D eigenvalue weighted by molar-refractivity contribution is 0.659. The lowest BCUT2D eigenvalue weighted by Gasteiger charge is -2.22. The topological polar surface area (TPSA) is 9.86 Å². The van der Waals surface area contributed by atoms with Crippen molar-refractivity contribution < 1.29 is 0 Å². The van der Waals surface area contributed by atoms with Gasteiger partial charge < -0.3 is 9.13 Å². The number of hydrogen-bond acceptors (Lipinski definition) is 0. The summed E-state index contributed by atoms with van der Waals surface area (Å²) in [5.41, 5.74) is 29.9. The minimum Gasteiger partial charge on any atom is -0.344 e. The highest BCUT2D eigenvalue weighted by atomic mass is 79.9. The average Bonchev–Trinajstić information content (AvgIpc) is 1.59. The van der Waals surface area contributed by atoms with Crippen LogP contribution in [0.1, 0.15) is 83.3 Å². The van der Waals surface area contributed by atoms with Gasteiger partial charge in [-0.05, 0) is 248 Å². The molecule has 2 aliphatic carbocycles. The van der Waals surface area contributed by atoms with Crippen molar-refractivity contribution in [3.63, 3.8) is 0 Å². The summed E-state index contributed by atoms with van der Waals surface area (Å²) in [6.45, 7) is 22.3. The summed E-state index contributed by atoms with van der Waals surface area (Å²) < 4.78 is 11.3. The summed E-state index contributed by atoms with van der Waals surface area (Å²) in [6, 6.07) is 105. The summed E-state index contributed by atoms with van der Waals surface area (Å²) in [7, 11) is 4.24. The van der Waals surface area contributed by atoms with E-state index in [0.29, 0.717) is 0 Å². The zero-order valence-corrected chi connectivity index (χ0v) is 73.4. The second-order valence-electron chi connectivity index (χ2n) is 30.5. The summed E-state index contributed by atoms with van der Waals surface area (Å²) in [5.74, 6) is 0. The van der Waals surface area contributed by atoms with E-state index in [0.717, 1.165) is 26.8 Å². The summed E-state index contributed by atoms with van der Waals surface area (Å²) in [5, 5.41) is 15.6. The van der Waals surface area contributed by atoms with Crippen molar-refractivity contribution in [3.05, 3.63) is 374 Å². The Bertz CT molecular complexity index is 5870. The molecular weight excluding hydrogens is 1730 g/mol. The minimum absolute atomic E-state index is 0.0816. The highest BCUT2D eigenvalue weighted by Crippen LogP contribution is 2.52. The van der Waals surface area contributed by atoms with E-state index in [1.54, 1.807) is 0 Å². The highest BCUT2D eigenvalue weighted by molar-refractivity contribution is 9.11. The molecule has 0 amide bonds. The fourth-order valence-electron chi connectivity index (χ4n) is 16.7. The Labute approximate surface area is 697 Å². The molecule has 0 radical (unpaired) electrons. The van der Waals surface area contributed by atoms with Crippen LogP contribution in [0.15, 0.2) is 318 Å². The first-order chi connectivity index (χ1) is 52.8. The Hall–Kier alpha value is -8.96. The van der Waals surface area contributed by atoms with Crippen LogP contribution in [0.3, 0.4) is 0 Å². The molecule has 2 nitrogen and oxygen atoms in total. The van der Waals surface area contributed by atoms with Crippen LogP contribution in [-0.4, -0.2) is 9.13 Å². The lowest BCUT2D eigenvalue weighted by Crippen LogP contribution is -2.15. The summed E-state index contributed by atoms with van der Waals surface area (Å²) in [6.07, 6.45) is 0. The molecular formula is C102H84Br6N2. The van der Waals surface area contributed by atoms with Crippen LogP contribution < -0.4 is 0 Å². The van der Waals surface area contributed by atoms with Gasteiger partial charge in [-0.3, -0.25) is 0 Å². The van der Waals surface area contributed by atoms with Gasteiger partial charge in [0.2, 0.25) is 0 Å². The molecule has 0 saturated carbocycles. The molecule has 0 unspecified atom stereocenters. The number of fused-ring (bicyclic) bond motifs is 16. The first kappa shape index (κ1) is 76.4. The Balaban J connectivity index is 0.000000105. The maximum Gasteiger partial charge on any atom is 0.0489 e. The van der Waals surface area contributed by atoms with Gasteiger partial charge in [0.25, 0.3) is 0 Å².